The number of hydrogen-bond acceptors (Lipinski definition) is 2. The highest BCUT2D eigenvalue weighted by atomic mass is 19.1. The third-order valence-electron chi connectivity index (χ3n) is 4.69. The molecule has 5 nitrogen and oxygen atoms in total. The van der Waals surface area contributed by atoms with E-state index in [-0.39, 0.29) is 11.7 Å². The number of amides is 3. The maximum Gasteiger partial charge on any atom is 0.316 e. The van der Waals surface area contributed by atoms with Crippen LogP contribution in [0, 0.1) is 11.7 Å². The third kappa shape index (κ3) is 4.59. The van der Waals surface area contributed by atoms with E-state index in [2.05, 4.69) is 5.32 Å². The standard InChI is InChI=1S/C20H22FN3O2/c21-17-5-1-3-15(12-17)11-14-7-9-24(10-8-14)19(25)16-4-2-6-18(13-16)23-20(22)26/h1-6,12-14H,7-11H2,(H3,22,23,26). The molecule has 0 atom stereocenters. The van der Waals surface area contributed by atoms with Gasteiger partial charge in [-0.3, -0.25) is 4.79 Å². The Morgan fingerprint density at radius 2 is 1.85 bits per heavy atom. The molecule has 1 aliphatic rings. The quantitative estimate of drug-likeness (QED) is 0.882. The maximum absolute atomic E-state index is 13.3. The molecule has 0 bridgehead atoms. The summed E-state index contributed by atoms with van der Waals surface area (Å²) in [5, 5.41) is 2.48. The van der Waals surface area contributed by atoms with Crippen molar-refractivity contribution in [2.75, 3.05) is 18.4 Å². The van der Waals surface area contributed by atoms with Crippen molar-refractivity contribution in [1.82, 2.24) is 4.90 Å². The van der Waals surface area contributed by atoms with Gasteiger partial charge in [0.2, 0.25) is 0 Å². The first-order chi connectivity index (χ1) is 12.5. The molecule has 0 aromatic heterocycles. The molecule has 1 fully saturated rings. The van der Waals surface area contributed by atoms with Crippen LogP contribution in [0.25, 0.3) is 0 Å². The van der Waals surface area contributed by atoms with Gasteiger partial charge in [0.1, 0.15) is 5.82 Å². The van der Waals surface area contributed by atoms with Gasteiger partial charge < -0.3 is 16.0 Å². The fourth-order valence-electron chi connectivity index (χ4n) is 3.39. The van der Waals surface area contributed by atoms with Crippen molar-refractivity contribution in [1.29, 1.82) is 0 Å². The lowest BCUT2D eigenvalue weighted by Gasteiger charge is -2.32. The number of carbonyl (C=O) groups is 2. The monoisotopic (exact) mass is 355 g/mol. The molecule has 6 heteroatoms. The van der Waals surface area contributed by atoms with Gasteiger partial charge >= 0.3 is 6.03 Å². The van der Waals surface area contributed by atoms with E-state index in [0.29, 0.717) is 30.3 Å². The molecular weight excluding hydrogens is 333 g/mol. The van der Waals surface area contributed by atoms with Crippen molar-refractivity contribution in [2.45, 2.75) is 19.3 Å². The third-order valence-corrected chi connectivity index (χ3v) is 4.69. The number of rotatable bonds is 4. The SMILES string of the molecule is NC(=O)Nc1cccc(C(=O)N2CCC(Cc3cccc(F)c3)CC2)c1. The van der Waals surface area contributed by atoms with Crippen LogP contribution in [0.1, 0.15) is 28.8 Å². The molecule has 136 valence electrons. The molecule has 0 unspecified atom stereocenters. The normalized spacial score (nSPS) is 14.9. The van der Waals surface area contributed by atoms with Crippen molar-refractivity contribution >= 4 is 17.6 Å². The molecule has 2 aromatic carbocycles. The van der Waals surface area contributed by atoms with Crippen LogP contribution < -0.4 is 11.1 Å². The molecule has 0 aliphatic carbocycles. The molecule has 0 spiro atoms. The summed E-state index contributed by atoms with van der Waals surface area (Å²) in [5.74, 6) is 0.186. The fourth-order valence-corrected chi connectivity index (χ4v) is 3.39. The second kappa shape index (κ2) is 7.99. The number of hydrogen-bond donors (Lipinski definition) is 2. The highest BCUT2D eigenvalue weighted by molar-refractivity contribution is 5.96. The average molecular weight is 355 g/mol. The number of primary amides is 1. The first-order valence-corrected chi connectivity index (χ1v) is 8.71. The number of nitrogens with zero attached hydrogens (tertiary/aromatic N) is 1. The van der Waals surface area contributed by atoms with Gasteiger partial charge in [-0.2, -0.15) is 0 Å². The number of carbonyl (C=O) groups excluding carboxylic acids is 2. The van der Waals surface area contributed by atoms with Crippen LogP contribution in [0.4, 0.5) is 14.9 Å². The van der Waals surface area contributed by atoms with Gasteiger partial charge in [0.25, 0.3) is 5.91 Å². The molecule has 3 rings (SSSR count). The van der Waals surface area contributed by atoms with E-state index in [1.165, 1.54) is 6.07 Å². The summed E-state index contributed by atoms with van der Waals surface area (Å²) in [6, 6.07) is 12.8. The zero-order chi connectivity index (χ0) is 18.5. The Morgan fingerprint density at radius 1 is 1.12 bits per heavy atom. The van der Waals surface area contributed by atoms with Crippen molar-refractivity contribution < 1.29 is 14.0 Å². The van der Waals surface area contributed by atoms with Crippen LogP contribution in [-0.4, -0.2) is 29.9 Å². The number of nitrogens with two attached hydrogens (primary N) is 1. The largest absolute Gasteiger partial charge is 0.351 e. The number of likely N-dealkylation sites (tertiary alicyclic amines) is 1. The number of urea groups is 1. The summed E-state index contributed by atoms with van der Waals surface area (Å²) >= 11 is 0. The Hall–Kier alpha value is -2.89. The smallest absolute Gasteiger partial charge is 0.316 e. The van der Waals surface area contributed by atoms with Crippen LogP contribution in [0.15, 0.2) is 48.5 Å². The van der Waals surface area contributed by atoms with E-state index >= 15 is 0 Å². The van der Waals surface area contributed by atoms with Gasteiger partial charge in [0.15, 0.2) is 0 Å². The lowest BCUT2D eigenvalue weighted by atomic mass is 9.90. The first-order valence-electron chi connectivity index (χ1n) is 8.71. The second-order valence-corrected chi connectivity index (χ2v) is 6.64. The second-order valence-electron chi connectivity index (χ2n) is 6.64. The van der Waals surface area contributed by atoms with Crippen LogP contribution >= 0.6 is 0 Å². The highest BCUT2D eigenvalue weighted by Crippen LogP contribution is 2.23. The van der Waals surface area contributed by atoms with Crippen LogP contribution in [0.5, 0.6) is 0 Å². The first kappa shape index (κ1) is 17.9. The number of benzene rings is 2. The van der Waals surface area contributed by atoms with Crippen molar-refractivity contribution in [3.8, 4) is 0 Å². The fraction of sp³-hybridized carbons (Fsp3) is 0.300. The van der Waals surface area contributed by atoms with E-state index in [9.17, 15) is 14.0 Å². The van der Waals surface area contributed by atoms with Crippen molar-refractivity contribution in [3.63, 3.8) is 0 Å². The number of nitrogens with one attached hydrogen (secondary N) is 1. The summed E-state index contributed by atoms with van der Waals surface area (Å²) in [7, 11) is 0. The summed E-state index contributed by atoms with van der Waals surface area (Å²) in [6.07, 6.45) is 2.61. The van der Waals surface area contributed by atoms with Gasteiger partial charge in [-0.15, -0.1) is 0 Å². The molecule has 26 heavy (non-hydrogen) atoms. The number of halogens is 1. The van der Waals surface area contributed by atoms with Gasteiger partial charge in [0, 0.05) is 24.3 Å². The summed E-state index contributed by atoms with van der Waals surface area (Å²) < 4.78 is 13.3. The lowest BCUT2D eigenvalue weighted by Crippen LogP contribution is -2.39. The van der Waals surface area contributed by atoms with Gasteiger partial charge in [-0.1, -0.05) is 18.2 Å². The number of piperidine rings is 1. The molecule has 0 radical (unpaired) electrons. The lowest BCUT2D eigenvalue weighted by molar-refractivity contribution is 0.0690. The van der Waals surface area contributed by atoms with Crippen molar-refractivity contribution in [3.05, 3.63) is 65.5 Å². The summed E-state index contributed by atoms with van der Waals surface area (Å²) in [4.78, 5) is 25.5. The summed E-state index contributed by atoms with van der Waals surface area (Å²) in [5.41, 5.74) is 7.14. The summed E-state index contributed by atoms with van der Waals surface area (Å²) in [6.45, 7) is 1.35. The molecule has 1 saturated heterocycles. The van der Waals surface area contributed by atoms with E-state index in [1.807, 2.05) is 11.0 Å². The highest BCUT2D eigenvalue weighted by Gasteiger charge is 2.24. The zero-order valence-electron chi connectivity index (χ0n) is 14.5. The topological polar surface area (TPSA) is 75.4 Å². The van der Waals surface area contributed by atoms with Gasteiger partial charge in [-0.05, 0) is 61.1 Å². The van der Waals surface area contributed by atoms with E-state index in [0.717, 1.165) is 24.8 Å². The minimum absolute atomic E-state index is 0.0534. The van der Waals surface area contributed by atoms with Crippen LogP contribution in [-0.2, 0) is 6.42 Å². The van der Waals surface area contributed by atoms with Crippen molar-refractivity contribution in [2.24, 2.45) is 11.7 Å². The Kier molecular flexibility index (Phi) is 5.51. The molecule has 3 amide bonds. The van der Waals surface area contributed by atoms with E-state index in [1.54, 1.807) is 36.4 Å². The van der Waals surface area contributed by atoms with E-state index < -0.39 is 6.03 Å². The zero-order valence-corrected chi connectivity index (χ0v) is 14.5. The van der Waals surface area contributed by atoms with Crippen LogP contribution in [0.3, 0.4) is 0 Å². The molecule has 3 N–H and O–H groups in total. The Bertz CT molecular complexity index is 801. The molecular formula is C20H22FN3O2. The molecule has 1 heterocycles. The predicted molar refractivity (Wildman–Crippen MR) is 98.4 cm³/mol. The molecule has 2 aromatic rings. The average Bonchev–Trinajstić information content (AvgIpc) is 2.61. The Morgan fingerprint density at radius 3 is 2.54 bits per heavy atom. The predicted octanol–water partition coefficient (Wildman–Crippen LogP) is 3.41. The Labute approximate surface area is 152 Å². The number of anilines is 1. The molecule has 0 saturated carbocycles. The van der Waals surface area contributed by atoms with Gasteiger partial charge in [-0.25, -0.2) is 9.18 Å². The van der Waals surface area contributed by atoms with Gasteiger partial charge in [0.05, 0.1) is 0 Å². The van der Waals surface area contributed by atoms with Crippen LogP contribution in [0.2, 0.25) is 0 Å². The Balaban J connectivity index is 1.57. The van der Waals surface area contributed by atoms with E-state index in [4.69, 9.17) is 5.73 Å². The molecule has 1 aliphatic heterocycles. The maximum atomic E-state index is 13.3. The minimum atomic E-state index is -0.659. The minimum Gasteiger partial charge on any atom is -0.351 e.